The van der Waals surface area contributed by atoms with E-state index in [0.717, 1.165) is 0 Å². The monoisotopic (exact) mass is 480 g/mol. The lowest BCUT2D eigenvalue weighted by Gasteiger charge is -2.24. The second-order valence-corrected chi connectivity index (χ2v) is 8.16. The fraction of sp³-hybridized carbons (Fsp3) is 0.240. The number of nitrogens with zero attached hydrogens (tertiary/aromatic N) is 2. The topological polar surface area (TPSA) is 98.2 Å². The molecule has 4 rings (SSSR count). The van der Waals surface area contributed by atoms with Gasteiger partial charge in [0.05, 0.1) is 31.9 Å². The molecular formula is C25H24N2O6S. The zero-order valence-corrected chi connectivity index (χ0v) is 19.8. The van der Waals surface area contributed by atoms with Crippen LogP contribution in [0, 0.1) is 0 Å². The van der Waals surface area contributed by atoms with Gasteiger partial charge >= 0.3 is 5.91 Å². The SMILES string of the molecule is CCOc1cccc(/C(O)=C2\C(=O)C(=O)N(c3nccs3)C2c2ccc(OCC)c(OC)c2)c1. The number of Topliss-reactive ketones (excluding diaryl/α,β-unsaturated/α-hetero) is 1. The van der Waals surface area contributed by atoms with Crippen LogP contribution in [0.4, 0.5) is 5.13 Å². The maximum atomic E-state index is 13.2. The minimum absolute atomic E-state index is 0.0416. The summed E-state index contributed by atoms with van der Waals surface area (Å²) in [6, 6.07) is 11.0. The molecule has 9 heteroatoms. The van der Waals surface area contributed by atoms with Gasteiger partial charge in [0, 0.05) is 17.1 Å². The second kappa shape index (κ2) is 9.96. The largest absolute Gasteiger partial charge is 0.507 e. The minimum Gasteiger partial charge on any atom is -0.507 e. The first-order valence-corrected chi connectivity index (χ1v) is 11.6. The maximum Gasteiger partial charge on any atom is 0.301 e. The number of benzene rings is 2. The Balaban J connectivity index is 1.91. The van der Waals surface area contributed by atoms with Crippen molar-refractivity contribution in [2.24, 2.45) is 0 Å². The van der Waals surface area contributed by atoms with Crippen molar-refractivity contribution >= 4 is 33.9 Å². The molecule has 1 atom stereocenters. The maximum absolute atomic E-state index is 13.2. The van der Waals surface area contributed by atoms with Gasteiger partial charge in [0.1, 0.15) is 11.5 Å². The number of anilines is 1. The number of ether oxygens (including phenoxy) is 3. The van der Waals surface area contributed by atoms with Gasteiger partial charge in [-0.1, -0.05) is 18.2 Å². The highest BCUT2D eigenvalue weighted by molar-refractivity contribution is 7.14. The first-order valence-electron chi connectivity index (χ1n) is 10.7. The fourth-order valence-electron chi connectivity index (χ4n) is 3.86. The van der Waals surface area contributed by atoms with Crippen molar-refractivity contribution in [3.63, 3.8) is 0 Å². The van der Waals surface area contributed by atoms with Crippen LogP contribution in [0.5, 0.6) is 17.2 Å². The van der Waals surface area contributed by atoms with E-state index < -0.39 is 17.7 Å². The van der Waals surface area contributed by atoms with Crippen molar-refractivity contribution in [2.45, 2.75) is 19.9 Å². The van der Waals surface area contributed by atoms with Crippen LogP contribution in [0.3, 0.4) is 0 Å². The number of methoxy groups -OCH3 is 1. The number of aliphatic hydroxyl groups is 1. The molecule has 1 N–H and O–H groups in total. The van der Waals surface area contributed by atoms with Crippen LogP contribution in [0.15, 0.2) is 59.6 Å². The number of hydrogen-bond acceptors (Lipinski definition) is 8. The van der Waals surface area contributed by atoms with Crippen molar-refractivity contribution in [1.82, 2.24) is 4.98 Å². The summed E-state index contributed by atoms with van der Waals surface area (Å²) in [6.07, 6.45) is 1.56. The van der Waals surface area contributed by atoms with Gasteiger partial charge in [0.25, 0.3) is 5.78 Å². The van der Waals surface area contributed by atoms with Gasteiger partial charge in [-0.05, 0) is 43.7 Å². The number of hydrogen-bond donors (Lipinski definition) is 1. The van der Waals surface area contributed by atoms with Crippen molar-refractivity contribution in [2.75, 3.05) is 25.2 Å². The Bertz CT molecular complexity index is 1240. The Morgan fingerprint density at radius 1 is 1.09 bits per heavy atom. The number of amides is 1. The second-order valence-electron chi connectivity index (χ2n) is 7.29. The van der Waals surface area contributed by atoms with E-state index in [-0.39, 0.29) is 11.3 Å². The molecule has 1 unspecified atom stereocenters. The first kappa shape index (κ1) is 23.3. The predicted octanol–water partition coefficient (Wildman–Crippen LogP) is 4.58. The lowest BCUT2D eigenvalue weighted by atomic mass is 9.95. The molecule has 0 radical (unpaired) electrons. The van der Waals surface area contributed by atoms with Crippen molar-refractivity contribution in [1.29, 1.82) is 0 Å². The highest BCUT2D eigenvalue weighted by Gasteiger charge is 2.48. The molecular weight excluding hydrogens is 456 g/mol. The molecule has 1 fully saturated rings. The van der Waals surface area contributed by atoms with Gasteiger partial charge in [0.15, 0.2) is 16.6 Å². The highest BCUT2D eigenvalue weighted by atomic mass is 32.1. The van der Waals surface area contributed by atoms with Gasteiger partial charge in [-0.15, -0.1) is 11.3 Å². The Hall–Kier alpha value is -3.85. The van der Waals surface area contributed by atoms with E-state index in [2.05, 4.69) is 4.98 Å². The average Bonchev–Trinajstić information content (AvgIpc) is 3.46. The molecule has 0 bridgehead atoms. The molecule has 1 aliphatic heterocycles. The van der Waals surface area contributed by atoms with Crippen molar-refractivity contribution in [3.05, 3.63) is 70.7 Å². The van der Waals surface area contributed by atoms with Crippen LogP contribution in [-0.2, 0) is 9.59 Å². The molecule has 0 aliphatic carbocycles. The smallest absolute Gasteiger partial charge is 0.301 e. The van der Waals surface area contributed by atoms with E-state index in [1.165, 1.54) is 23.3 Å². The van der Waals surface area contributed by atoms with Crippen LogP contribution in [0.1, 0.15) is 31.0 Å². The molecule has 3 aromatic rings. The fourth-order valence-corrected chi connectivity index (χ4v) is 4.53. The minimum atomic E-state index is -0.911. The Morgan fingerprint density at radius 3 is 2.56 bits per heavy atom. The van der Waals surface area contributed by atoms with E-state index >= 15 is 0 Å². The summed E-state index contributed by atoms with van der Waals surface area (Å²) in [7, 11) is 1.51. The molecule has 1 aliphatic rings. The normalized spacial score (nSPS) is 17.1. The summed E-state index contributed by atoms with van der Waals surface area (Å²) in [6.45, 7) is 4.61. The molecule has 0 saturated carbocycles. The number of carbonyl (C=O) groups excluding carboxylic acids is 2. The summed E-state index contributed by atoms with van der Waals surface area (Å²) in [5, 5.41) is 13.3. The summed E-state index contributed by atoms with van der Waals surface area (Å²) >= 11 is 1.23. The van der Waals surface area contributed by atoms with Gasteiger partial charge in [-0.3, -0.25) is 14.5 Å². The molecule has 34 heavy (non-hydrogen) atoms. The van der Waals surface area contributed by atoms with E-state index in [4.69, 9.17) is 14.2 Å². The van der Waals surface area contributed by atoms with Crippen LogP contribution in [0.25, 0.3) is 5.76 Å². The van der Waals surface area contributed by atoms with Crippen molar-refractivity contribution < 1.29 is 28.9 Å². The van der Waals surface area contributed by atoms with E-state index in [0.29, 0.717) is 46.7 Å². The third kappa shape index (κ3) is 4.22. The summed E-state index contributed by atoms with van der Waals surface area (Å²) in [5.41, 5.74) is 0.892. The highest BCUT2D eigenvalue weighted by Crippen LogP contribution is 2.44. The van der Waals surface area contributed by atoms with Crippen LogP contribution < -0.4 is 19.1 Å². The third-order valence-electron chi connectivity index (χ3n) is 5.29. The third-order valence-corrected chi connectivity index (χ3v) is 6.06. The Kier molecular flexibility index (Phi) is 6.83. The molecule has 1 aromatic heterocycles. The summed E-state index contributed by atoms with van der Waals surface area (Å²) in [4.78, 5) is 31.9. The average molecular weight is 481 g/mol. The Labute approximate surface area is 201 Å². The number of carbonyl (C=O) groups is 2. The quantitative estimate of drug-likeness (QED) is 0.286. The predicted molar refractivity (Wildman–Crippen MR) is 129 cm³/mol. The summed E-state index contributed by atoms with van der Waals surface area (Å²) in [5.74, 6) is -0.341. The van der Waals surface area contributed by atoms with Gasteiger partial charge in [-0.25, -0.2) is 4.98 Å². The molecule has 2 heterocycles. The molecule has 8 nitrogen and oxygen atoms in total. The zero-order valence-electron chi connectivity index (χ0n) is 19.0. The van der Waals surface area contributed by atoms with Crippen LogP contribution in [-0.4, -0.2) is 42.1 Å². The van der Waals surface area contributed by atoms with E-state index in [9.17, 15) is 14.7 Å². The molecule has 1 amide bonds. The molecule has 176 valence electrons. The molecule has 0 spiro atoms. The number of ketones is 1. The standard InChI is InChI=1S/C25H24N2O6S/c1-4-32-17-8-6-7-16(13-17)22(28)20-21(15-9-10-18(33-5-2)19(14-15)31-3)27(24(30)23(20)29)25-26-11-12-34-25/h6-14,21,28H,4-5H2,1-3H3/b22-20+. The lowest BCUT2D eigenvalue weighted by molar-refractivity contribution is -0.132. The van der Waals surface area contributed by atoms with E-state index in [1.807, 2.05) is 13.8 Å². The number of aliphatic hydroxyl groups excluding tert-OH is 1. The lowest BCUT2D eigenvalue weighted by Crippen LogP contribution is -2.29. The van der Waals surface area contributed by atoms with Gasteiger partial charge in [0.2, 0.25) is 0 Å². The number of thiazole rings is 1. The van der Waals surface area contributed by atoms with Crippen molar-refractivity contribution in [3.8, 4) is 17.2 Å². The summed E-state index contributed by atoms with van der Waals surface area (Å²) < 4.78 is 16.6. The first-order chi connectivity index (χ1) is 16.5. The number of aromatic nitrogens is 1. The zero-order chi connectivity index (χ0) is 24.2. The van der Waals surface area contributed by atoms with Gasteiger partial charge in [-0.2, -0.15) is 0 Å². The van der Waals surface area contributed by atoms with Gasteiger partial charge < -0.3 is 19.3 Å². The van der Waals surface area contributed by atoms with E-state index in [1.54, 1.807) is 54.0 Å². The van der Waals surface area contributed by atoms with Crippen LogP contribution >= 0.6 is 11.3 Å². The van der Waals surface area contributed by atoms with Crippen LogP contribution in [0.2, 0.25) is 0 Å². The Morgan fingerprint density at radius 2 is 1.88 bits per heavy atom. The molecule has 1 saturated heterocycles. The molecule has 2 aromatic carbocycles. The number of rotatable bonds is 8.